The van der Waals surface area contributed by atoms with Crippen LogP contribution in [0.3, 0.4) is 0 Å². The van der Waals surface area contributed by atoms with Crippen molar-refractivity contribution in [3.8, 4) is 5.75 Å². The van der Waals surface area contributed by atoms with Crippen LogP contribution in [0.15, 0.2) is 36.4 Å². The first kappa shape index (κ1) is 13.2. The standard InChI is InChI=1S/C17H16BrNO2/c1-17(2)16(18)15(20)13-12(21-17)8-7-10-9-5-3-4-6-11(9)19-14(10)13/h3-8,15-16,19-20H,1-2H3/t15-,16+/m0/s1. The molecule has 2 N–H and O–H groups in total. The van der Waals surface area contributed by atoms with Gasteiger partial charge in [-0.2, -0.15) is 0 Å². The van der Waals surface area contributed by atoms with E-state index in [1.165, 1.54) is 5.39 Å². The van der Waals surface area contributed by atoms with Crippen molar-refractivity contribution in [3.63, 3.8) is 0 Å². The van der Waals surface area contributed by atoms with E-state index in [-0.39, 0.29) is 4.83 Å². The summed E-state index contributed by atoms with van der Waals surface area (Å²) in [4.78, 5) is 3.27. The highest BCUT2D eigenvalue weighted by Crippen LogP contribution is 2.46. The van der Waals surface area contributed by atoms with Gasteiger partial charge in [-0.25, -0.2) is 0 Å². The SMILES string of the molecule is CC1(C)Oc2ccc3c([nH]c4ccccc43)c2[C@H](O)[C@H]1Br. The fraction of sp³-hybridized carbons (Fsp3) is 0.294. The highest BCUT2D eigenvalue weighted by atomic mass is 79.9. The Hall–Kier alpha value is -1.52. The molecule has 0 bridgehead atoms. The van der Waals surface area contributed by atoms with Crippen LogP contribution in [0.2, 0.25) is 0 Å². The molecule has 0 unspecified atom stereocenters. The summed E-state index contributed by atoms with van der Waals surface area (Å²) in [5.74, 6) is 0.752. The minimum Gasteiger partial charge on any atom is -0.486 e. The normalized spacial score (nSPS) is 24.0. The first-order valence-electron chi connectivity index (χ1n) is 7.03. The van der Waals surface area contributed by atoms with Crippen molar-refractivity contribution in [3.05, 3.63) is 42.0 Å². The minimum atomic E-state index is -0.611. The molecule has 21 heavy (non-hydrogen) atoms. The fourth-order valence-corrected chi connectivity index (χ4v) is 3.53. The van der Waals surface area contributed by atoms with Crippen molar-refractivity contribution in [2.45, 2.75) is 30.4 Å². The minimum absolute atomic E-state index is 0.158. The molecule has 0 saturated heterocycles. The molecule has 4 rings (SSSR count). The predicted molar refractivity (Wildman–Crippen MR) is 88.2 cm³/mol. The Morgan fingerprint density at radius 2 is 1.90 bits per heavy atom. The number of aromatic amines is 1. The quantitative estimate of drug-likeness (QED) is 0.597. The number of H-pyrrole nitrogens is 1. The smallest absolute Gasteiger partial charge is 0.128 e. The Bertz CT molecular complexity index is 852. The maximum Gasteiger partial charge on any atom is 0.128 e. The van der Waals surface area contributed by atoms with E-state index < -0.39 is 11.7 Å². The molecule has 1 aromatic heterocycles. The molecule has 3 aromatic rings. The molecule has 0 fully saturated rings. The van der Waals surface area contributed by atoms with Gasteiger partial charge in [-0.1, -0.05) is 34.1 Å². The van der Waals surface area contributed by atoms with Crippen LogP contribution in [0.5, 0.6) is 5.75 Å². The van der Waals surface area contributed by atoms with E-state index in [1.54, 1.807) is 0 Å². The van der Waals surface area contributed by atoms with E-state index in [4.69, 9.17) is 4.74 Å². The number of nitrogens with one attached hydrogen (secondary N) is 1. The zero-order chi connectivity index (χ0) is 14.8. The summed E-state index contributed by atoms with van der Waals surface area (Å²) < 4.78 is 6.08. The van der Waals surface area contributed by atoms with Crippen LogP contribution in [-0.4, -0.2) is 20.5 Å². The van der Waals surface area contributed by atoms with Crippen LogP contribution in [0, 0.1) is 0 Å². The lowest BCUT2D eigenvalue weighted by atomic mass is 9.90. The predicted octanol–water partition coefficient (Wildman–Crippen LogP) is 4.29. The third-order valence-corrected chi connectivity index (χ3v) is 5.90. The lowest BCUT2D eigenvalue weighted by Gasteiger charge is -2.40. The highest BCUT2D eigenvalue weighted by Gasteiger charge is 2.42. The van der Waals surface area contributed by atoms with Crippen molar-refractivity contribution < 1.29 is 9.84 Å². The van der Waals surface area contributed by atoms with E-state index in [1.807, 2.05) is 38.1 Å². The number of fused-ring (bicyclic) bond motifs is 5. The number of aliphatic hydroxyl groups is 1. The molecule has 0 amide bonds. The average Bonchev–Trinajstić information content (AvgIpc) is 2.82. The van der Waals surface area contributed by atoms with Gasteiger partial charge in [0.2, 0.25) is 0 Å². The Labute approximate surface area is 131 Å². The van der Waals surface area contributed by atoms with Gasteiger partial charge in [-0.05, 0) is 32.0 Å². The Kier molecular flexibility index (Phi) is 2.66. The number of para-hydroxylation sites is 1. The number of hydrogen-bond donors (Lipinski definition) is 2. The van der Waals surface area contributed by atoms with Crippen molar-refractivity contribution in [1.29, 1.82) is 0 Å². The Balaban J connectivity index is 2.07. The zero-order valence-corrected chi connectivity index (χ0v) is 13.4. The first-order chi connectivity index (χ1) is 9.99. The van der Waals surface area contributed by atoms with E-state index >= 15 is 0 Å². The number of hydrogen-bond acceptors (Lipinski definition) is 2. The number of halogens is 1. The third-order valence-electron chi connectivity index (χ3n) is 4.29. The second-order valence-electron chi connectivity index (χ2n) is 6.12. The summed E-state index contributed by atoms with van der Waals surface area (Å²) in [6.45, 7) is 3.96. The molecule has 108 valence electrons. The summed E-state index contributed by atoms with van der Waals surface area (Å²) >= 11 is 3.59. The molecule has 2 atom stereocenters. The Morgan fingerprint density at radius 1 is 1.14 bits per heavy atom. The molecule has 0 radical (unpaired) electrons. The van der Waals surface area contributed by atoms with Gasteiger partial charge in [-0.15, -0.1) is 0 Å². The van der Waals surface area contributed by atoms with Crippen LogP contribution in [0.4, 0.5) is 0 Å². The summed E-state index contributed by atoms with van der Waals surface area (Å²) in [5.41, 5.74) is 2.42. The van der Waals surface area contributed by atoms with Gasteiger partial charge >= 0.3 is 0 Å². The zero-order valence-electron chi connectivity index (χ0n) is 11.9. The van der Waals surface area contributed by atoms with E-state index in [2.05, 4.69) is 33.0 Å². The van der Waals surface area contributed by atoms with Gasteiger partial charge in [0.25, 0.3) is 0 Å². The van der Waals surface area contributed by atoms with Crippen molar-refractivity contribution in [2.75, 3.05) is 0 Å². The first-order valence-corrected chi connectivity index (χ1v) is 7.95. The molecule has 0 saturated carbocycles. The summed E-state index contributed by atoms with van der Waals surface area (Å²) in [7, 11) is 0. The second-order valence-corrected chi connectivity index (χ2v) is 7.11. The maximum absolute atomic E-state index is 10.7. The number of benzene rings is 2. The van der Waals surface area contributed by atoms with Crippen molar-refractivity contribution in [1.82, 2.24) is 4.98 Å². The monoisotopic (exact) mass is 345 g/mol. The van der Waals surface area contributed by atoms with Gasteiger partial charge in [0.05, 0.1) is 10.3 Å². The van der Waals surface area contributed by atoms with Gasteiger partial charge < -0.3 is 14.8 Å². The second kappa shape index (κ2) is 4.24. The topological polar surface area (TPSA) is 45.2 Å². The number of rotatable bonds is 0. The van der Waals surface area contributed by atoms with Gasteiger partial charge in [-0.3, -0.25) is 0 Å². The number of aromatic nitrogens is 1. The van der Waals surface area contributed by atoms with Crippen molar-refractivity contribution in [2.24, 2.45) is 0 Å². The van der Waals surface area contributed by atoms with Crippen LogP contribution in [-0.2, 0) is 0 Å². The summed E-state index contributed by atoms with van der Waals surface area (Å²) in [6, 6.07) is 12.2. The fourth-order valence-electron chi connectivity index (χ4n) is 3.17. The summed E-state index contributed by atoms with van der Waals surface area (Å²) in [6.07, 6.45) is -0.611. The highest BCUT2D eigenvalue weighted by molar-refractivity contribution is 9.09. The van der Waals surface area contributed by atoms with E-state index in [9.17, 15) is 5.11 Å². The van der Waals surface area contributed by atoms with Gasteiger partial charge in [0.1, 0.15) is 17.5 Å². The molecular formula is C17H16BrNO2. The van der Waals surface area contributed by atoms with Crippen LogP contribution in [0.25, 0.3) is 21.8 Å². The van der Waals surface area contributed by atoms with Crippen LogP contribution in [0.1, 0.15) is 25.5 Å². The number of alkyl halides is 1. The van der Waals surface area contributed by atoms with Crippen LogP contribution < -0.4 is 4.74 Å². The molecule has 0 aliphatic carbocycles. The lowest BCUT2D eigenvalue weighted by molar-refractivity contribution is 0.0235. The molecule has 2 heterocycles. The maximum atomic E-state index is 10.7. The van der Waals surface area contributed by atoms with E-state index in [0.717, 1.165) is 27.7 Å². The average molecular weight is 346 g/mol. The van der Waals surface area contributed by atoms with Gasteiger partial charge in [0.15, 0.2) is 0 Å². The molecule has 1 aliphatic heterocycles. The van der Waals surface area contributed by atoms with Crippen molar-refractivity contribution >= 4 is 37.7 Å². The largest absolute Gasteiger partial charge is 0.486 e. The molecular weight excluding hydrogens is 330 g/mol. The number of ether oxygens (including phenoxy) is 1. The van der Waals surface area contributed by atoms with E-state index in [0.29, 0.717) is 0 Å². The molecule has 1 aliphatic rings. The molecule has 2 aromatic carbocycles. The molecule has 0 spiro atoms. The Morgan fingerprint density at radius 3 is 2.71 bits per heavy atom. The van der Waals surface area contributed by atoms with Gasteiger partial charge in [0, 0.05) is 21.9 Å². The third kappa shape index (κ3) is 1.75. The number of aliphatic hydroxyl groups excluding tert-OH is 1. The lowest BCUT2D eigenvalue weighted by Crippen LogP contribution is -2.45. The summed E-state index contributed by atoms with van der Waals surface area (Å²) in [5, 5.41) is 13.0. The molecule has 3 nitrogen and oxygen atoms in total. The van der Waals surface area contributed by atoms with Crippen LogP contribution >= 0.6 is 15.9 Å². The molecule has 4 heteroatoms.